The zero-order valence-corrected chi connectivity index (χ0v) is 16.2. The van der Waals surface area contributed by atoms with Crippen molar-refractivity contribution in [2.45, 2.75) is 68.8 Å². The molecule has 2 fully saturated rings. The summed E-state index contributed by atoms with van der Waals surface area (Å²) < 4.78 is 6.74. The van der Waals surface area contributed by atoms with E-state index in [2.05, 4.69) is 6.07 Å². The second kappa shape index (κ2) is 6.33. The zero-order chi connectivity index (χ0) is 19.4. The lowest BCUT2D eigenvalue weighted by Gasteiger charge is -2.58. The van der Waals surface area contributed by atoms with E-state index in [9.17, 15) is 15.3 Å². The first-order chi connectivity index (χ1) is 13.6. The van der Waals surface area contributed by atoms with Crippen LogP contribution in [0.4, 0.5) is 0 Å². The van der Waals surface area contributed by atoms with E-state index in [-0.39, 0.29) is 28.6 Å². The molecule has 3 aliphatic rings. The highest BCUT2D eigenvalue weighted by atomic mass is 16.5. The Morgan fingerprint density at radius 3 is 2.18 bits per heavy atom. The summed E-state index contributed by atoms with van der Waals surface area (Å²) in [6.45, 7) is 0. The van der Waals surface area contributed by atoms with Gasteiger partial charge in [-0.3, -0.25) is 0 Å². The average molecular weight is 380 g/mol. The highest BCUT2D eigenvalue weighted by molar-refractivity contribution is 5.52. The predicted octanol–water partition coefficient (Wildman–Crippen LogP) is 5.48. The largest absolute Gasteiger partial charge is 0.508 e. The van der Waals surface area contributed by atoms with Gasteiger partial charge in [0.05, 0.1) is 0 Å². The van der Waals surface area contributed by atoms with Crippen LogP contribution in [0.2, 0.25) is 0 Å². The summed E-state index contributed by atoms with van der Waals surface area (Å²) in [5.41, 5.74) is 1.40. The fourth-order valence-corrected chi connectivity index (χ4v) is 6.43. The van der Waals surface area contributed by atoms with Crippen LogP contribution in [0.15, 0.2) is 36.4 Å². The number of aromatic hydroxyl groups is 3. The van der Waals surface area contributed by atoms with Crippen molar-refractivity contribution < 1.29 is 20.1 Å². The number of ether oxygens (including phenoxy) is 1. The van der Waals surface area contributed by atoms with Crippen LogP contribution < -0.4 is 4.74 Å². The normalized spacial score (nSPS) is 28.2. The van der Waals surface area contributed by atoms with Gasteiger partial charge in [-0.25, -0.2) is 0 Å². The first-order valence-corrected chi connectivity index (χ1v) is 10.6. The highest BCUT2D eigenvalue weighted by Crippen LogP contribution is 2.63. The fraction of sp³-hybridized carbons (Fsp3) is 0.500. The fourth-order valence-electron chi connectivity index (χ4n) is 6.43. The second-order valence-corrected chi connectivity index (χ2v) is 8.89. The van der Waals surface area contributed by atoms with Crippen LogP contribution in [0.5, 0.6) is 23.0 Å². The van der Waals surface area contributed by atoms with Crippen LogP contribution in [0.1, 0.15) is 68.9 Å². The molecule has 1 aliphatic heterocycles. The topological polar surface area (TPSA) is 69.9 Å². The minimum Gasteiger partial charge on any atom is -0.508 e. The molecule has 2 aromatic rings. The van der Waals surface area contributed by atoms with E-state index in [1.54, 1.807) is 18.2 Å². The zero-order valence-electron chi connectivity index (χ0n) is 16.2. The van der Waals surface area contributed by atoms with Gasteiger partial charge in [0, 0.05) is 34.6 Å². The number of rotatable bonds is 1. The second-order valence-electron chi connectivity index (χ2n) is 8.89. The maximum atomic E-state index is 10.8. The maximum Gasteiger partial charge on any atom is 0.141 e. The van der Waals surface area contributed by atoms with E-state index in [0.29, 0.717) is 0 Å². The first-order valence-electron chi connectivity index (χ1n) is 10.6. The molecule has 0 unspecified atom stereocenters. The molecule has 0 bridgehead atoms. The Morgan fingerprint density at radius 1 is 0.750 bits per heavy atom. The number of phenols is 3. The smallest absolute Gasteiger partial charge is 0.141 e. The molecule has 5 rings (SSSR count). The van der Waals surface area contributed by atoms with E-state index in [0.717, 1.165) is 43.4 Å². The molecule has 2 aromatic carbocycles. The van der Waals surface area contributed by atoms with Gasteiger partial charge in [0.1, 0.15) is 28.6 Å². The Hall–Kier alpha value is -2.36. The molecule has 0 saturated heterocycles. The molecule has 2 saturated carbocycles. The number of benzene rings is 2. The molecule has 3 N–H and O–H groups in total. The highest BCUT2D eigenvalue weighted by Gasteiger charge is 2.59. The molecule has 0 amide bonds. The average Bonchev–Trinajstić information content (AvgIpc) is 2.68. The van der Waals surface area contributed by atoms with E-state index in [1.165, 1.54) is 37.3 Å². The van der Waals surface area contributed by atoms with Gasteiger partial charge in [0.2, 0.25) is 0 Å². The van der Waals surface area contributed by atoms with Crippen molar-refractivity contribution in [2.24, 2.45) is 5.92 Å². The third kappa shape index (κ3) is 2.43. The Labute approximate surface area is 165 Å². The number of phenolic OH excluding ortho intramolecular Hbond substituents is 3. The van der Waals surface area contributed by atoms with E-state index >= 15 is 0 Å². The van der Waals surface area contributed by atoms with Crippen LogP contribution in [0, 0.1) is 5.92 Å². The molecule has 0 radical (unpaired) electrons. The van der Waals surface area contributed by atoms with Gasteiger partial charge in [-0.1, -0.05) is 31.7 Å². The van der Waals surface area contributed by atoms with Crippen molar-refractivity contribution in [1.82, 2.24) is 0 Å². The van der Waals surface area contributed by atoms with Crippen molar-refractivity contribution in [3.8, 4) is 23.0 Å². The summed E-state index contributed by atoms with van der Waals surface area (Å²) in [6, 6.07) is 10.5. The molecule has 1 heterocycles. The minimum atomic E-state index is -0.617. The Kier molecular flexibility index (Phi) is 4.01. The van der Waals surface area contributed by atoms with Gasteiger partial charge in [0.15, 0.2) is 0 Å². The number of hydrogen-bond donors (Lipinski definition) is 3. The van der Waals surface area contributed by atoms with Crippen molar-refractivity contribution in [3.05, 3.63) is 47.5 Å². The molecular formula is C24H28O4. The van der Waals surface area contributed by atoms with Crippen molar-refractivity contribution in [2.75, 3.05) is 0 Å². The lowest BCUT2D eigenvalue weighted by molar-refractivity contribution is -0.0960. The number of fused-ring (bicyclic) bond motifs is 4. The van der Waals surface area contributed by atoms with Crippen LogP contribution in [-0.2, 0) is 11.0 Å². The Morgan fingerprint density at radius 2 is 1.43 bits per heavy atom. The van der Waals surface area contributed by atoms with E-state index in [4.69, 9.17) is 4.74 Å². The van der Waals surface area contributed by atoms with Crippen LogP contribution in [0.25, 0.3) is 0 Å². The predicted molar refractivity (Wildman–Crippen MR) is 107 cm³/mol. The summed E-state index contributed by atoms with van der Waals surface area (Å²) >= 11 is 0. The van der Waals surface area contributed by atoms with Gasteiger partial charge in [0.25, 0.3) is 0 Å². The standard InChI is InChI=1S/C24H28O4/c25-16-7-9-18(20(27)14-16)24-13-5-2-6-22(24)23(11-3-1-4-12-23)19-10-8-17(26)15-21(19)28-24/h7-10,14-15,22,25-27H,1-6,11-13H2/t22-,24+/m1/s1. The number of hydrogen-bond acceptors (Lipinski definition) is 4. The lowest BCUT2D eigenvalue weighted by Crippen LogP contribution is -2.57. The minimum absolute atomic E-state index is 0.0181. The maximum absolute atomic E-state index is 10.8. The van der Waals surface area contributed by atoms with Crippen LogP contribution >= 0.6 is 0 Å². The molecule has 148 valence electrons. The lowest BCUT2D eigenvalue weighted by atomic mass is 9.51. The molecule has 2 aliphatic carbocycles. The molecule has 2 atom stereocenters. The van der Waals surface area contributed by atoms with Gasteiger partial charge in [-0.05, 0) is 50.3 Å². The van der Waals surface area contributed by atoms with Crippen molar-refractivity contribution >= 4 is 0 Å². The van der Waals surface area contributed by atoms with Gasteiger partial charge >= 0.3 is 0 Å². The monoisotopic (exact) mass is 380 g/mol. The SMILES string of the molecule is Oc1ccc([C@@]23CCCC[C@@H]2C2(CCCCC2)c2ccc(O)cc2O3)c(O)c1. The molecule has 0 aromatic heterocycles. The molecular weight excluding hydrogens is 352 g/mol. The third-order valence-electron chi connectivity index (χ3n) is 7.50. The summed E-state index contributed by atoms with van der Waals surface area (Å²) in [4.78, 5) is 0. The summed E-state index contributed by atoms with van der Waals surface area (Å²) in [7, 11) is 0. The Balaban J connectivity index is 1.76. The van der Waals surface area contributed by atoms with Crippen molar-refractivity contribution in [3.63, 3.8) is 0 Å². The molecule has 1 spiro atoms. The Bertz CT molecular complexity index is 899. The van der Waals surface area contributed by atoms with E-state index < -0.39 is 5.60 Å². The molecule has 4 nitrogen and oxygen atoms in total. The summed E-state index contributed by atoms with van der Waals surface area (Å²) in [5.74, 6) is 1.41. The quantitative estimate of drug-likeness (QED) is 0.612. The molecule has 4 heteroatoms. The van der Waals surface area contributed by atoms with Crippen molar-refractivity contribution in [1.29, 1.82) is 0 Å². The van der Waals surface area contributed by atoms with Gasteiger partial charge < -0.3 is 20.1 Å². The van der Waals surface area contributed by atoms with Gasteiger partial charge in [-0.2, -0.15) is 0 Å². The van der Waals surface area contributed by atoms with Gasteiger partial charge in [-0.15, -0.1) is 0 Å². The first kappa shape index (κ1) is 17.7. The van der Waals surface area contributed by atoms with E-state index in [1.807, 2.05) is 6.07 Å². The molecule has 28 heavy (non-hydrogen) atoms. The third-order valence-corrected chi connectivity index (χ3v) is 7.50. The summed E-state index contributed by atoms with van der Waals surface area (Å²) in [5, 5.41) is 30.8. The van der Waals surface area contributed by atoms with Crippen LogP contribution in [-0.4, -0.2) is 15.3 Å². The van der Waals surface area contributed by atoms with Crippen LogP contribution in [0.3, 0.4) is 0 Å². The summed E-state index contributed by atoms with van der Waals surface area (Å²) in [6.07, 6.45) is 10.0.